The van der Waals surface area contributed by atoms with Crippen molar-refractivity contribution in [2.24, 2.45) is 0 Å². The van der Waals surface area contributed by atoms with Crippen LogP contribution in [-0.2, 0) is 19.6 Å². The number of ether oxygens (including phenoxy) is 1. The van der Waals surface area contributed by atoms with Crippen LogP contribution in [-0.4, -0.2) is 19.7 Å². The summed E-state index contributed by atoms with van der Waals surface area (Å²) in [6.07, 6.45) is 5.32. The monoisotopic (exact) mass is 462 g/mol. The maximum absolute atomic E-state index is 6.24. The number of hydrogen-bond acceptors (Lipinski definition) is 5. The number of para-hydroxylation sites is 2. The van der Waals surface area contributed by atoms with E-state index in [2.05, 4.69) is 71.0 Å². The third-order valence-electron chi connectivity index (χ3n) is 6.55. The van der Waals surface area contributed by atoms with Gasteiger partial charge in [0.2, 0.25) is 6.39 Å². The molecule has 6 rings (SSSR count). The van der Waals surface area contributed by atoms with E-state index in [1.807, 2.05) is 24.3 Å². The maximum Gasteiger partial charge on any atom is 0.214 e. The Morgan fingerprint density at radius 1 is 1.03 bits per heavy atom. The summed E-state index contributed by atoms with van der Waals surface area (Å²) in [6.45, 7) is 5.59. The Balaban J connectivity index is 1.44. The highest BCUT2D eigenvalue weighted by molar-refractivity contribution is 5.93. The fraction of sp³-hybridized carbons (Fsp3) is 0.207. The lowest BCUT2D eigenvalue weighted by Crippen LogP contribution is -2.06. The van der Waals surface area contributed by atoms with Gasteiger partial charge in [-0.2, -0.15) is 4.98 Å². The highest BCUT2D eigenvalue weighted by atomic mass is 16.5. The standard InChI is InChI=1S/C29H26N4O2/c1-3-7-28-31-29-19(2)8-6-10-25(29)33(28)16-20-12-13-22-21(14-20)17-34-26-11-5-4-9-23(26)24(22)15-27-30-18-35-32-27/h4-6,8-15,18H,3,7,16-17H2,1-2H3. The summed E-state index contributed by atoms with van der Waals surface area (Å²) in [6, 6.07) is 21.1. The lowest BCUT2D eigenvalue weighted by Gasteiger charge is -2.13. The normalized spacial score (nSPS) is 13.9. The first-order valence-corrected chi connectivity index (χ1v) is 12.0. The molecule has 0 bridgehead atoms. The maximum atomic E-state index is 6.24. The van der Waals surface area contributed by atoms with Gasteiger partial charge in [0.25, 0.3) is 0 Å². The van der Waals surface area contributed by atoms with Gasteiger partial charge in [-0.05, 0) is 65.4 Å². The Labute approximate surface area is 203 Å². The third kappa shape index (κ3) is 3.91. The van der Waals surface area contributed by atoms with Crippen LogP contribution >= 0.6 is 0 Å². The van der Waals surface area contributed by atoms with Crippen LogP contribution in [0, 0.1) is 6.92 Å². The predicted molar refractivity (Wildman–Crippen MR) is 136 cm³/mol. The van der Waals surface area contributed by atoms with E-state index in [1.165, 1.54) is 23.0 Å². The van der Waals surface area contributed by atoms with Crippen LogP contribution in [0.3, 0.4) is 0 Å². The van der Waals surface area contributed by atoms with Crippen molar-refractivity contribution in [1.29, 1.82) is 0 Å². The molecule has 0 amide bonds. The van der Waals surface area contributed by atoms with Crippen molar-refractivity contribution in [3.8, 4) is 5.75 Å². The fourth-order valence-electron chi connectivity index (χ4n) is 4.88. The van der Waals surface area contributed by atoms with Crippen LogP contribution in [0.4, 0.5) is 0 Å². The van der Waals surface area contributed by atoms with Crippen LogP contribution < -0.4 is 4.74 Å². The molecule has 3 aromatic carbocycles. The van der Waals surface area contributed by atoms with Crippen LogP contribution in [0.1, 0.15) is 52.8 Å². The van der Waals surface area contributed by atoms with Gasteiger partial charge in [0.05, 0.1) is 11.0 Å². The van der Waals surface area contributed by atoms with Crippen LogP contribution in [0.25, 0.3) is 22.7 Å². The Morgan fingerprint density at radius 2 is 1.94 bits per heavy atom. The molecule has 0 unspecified atom stereocenters. The van der Waals surface area contributed by atoms with Crippen LogP contribution in [0.5, 0.6) is 5.75 Å². The minimum absolute atomic E-state index is 0.495. The first-order valence-electron chi connectivity index (χ1n) is 12.0. The topological polar surface area (TPSA) is 66.0 Å². The molecule has 0 radical (unpaired) electrons. The van der Waals surface area contributed by atoms with E-state index >= 15 is 0 Å². The molecule has 6 heteroatoms. The van der Waals surface area contributed by atoms with Gasteiger partial charge in [-0.1, -0.05) is 54.5 Å². The summed E-state index contributed by atoms with van der Waals surface area (Å²) < 4.78 is 13.6. The molecule has 3 heterocycles. The van der Waals surface area contributed by atoms with Gasteiger partial charge in [0, 0.05) is 18.5 Å². The van der Waals surface area contributed by atoms with E-state index in [0.29, 0.717) is 12.4 Å². The van der Waals surface area contributed by atoms with Crippen molar-refractivity contribution in [2.45, 2.75) is 39.8 Å². The van der Waals surface area contributed by atoms with E-state index in [4.69, 9.17) is 14.2 Å². The van der Waals surface area contributed by atoms with Crippen molar-refractivity contribution in [3.05, 3.63) is 107 Å². The van der Waals surface area contributed by atoms with E-state index in [0.717, 1.165) is 58.7 Å². The van der Waals surface area contributed by atoms with Gasteiger partial charge in [0.15, 0.2) is 5.82 Å². The molecule has 1 aliphatic rings. The molecule has 0 saturated heterocycles. The van der Waals surface area contributed by atoms with Gasteiger partial charge in [-0.15, -0.1) is 0 Å². The van der Waals surface area contributed by atoms with Crippen molar-refractivity contribution in [3.63, 3.8) is 0 Å². The lowest BCUT2D eigenvalue weighted by atomic mass is 9.92. The fourth-order valence-corrected chi connectivity index (χ4v) is 4.88. The summed E-state index contributed by atoms with van der Waals surface area (Å²) in [5.74, 6) is 2.52. The molecule has 0 atom stereocenters. The molecule has 1 aliphatic heterocycles. The second-order valence-corrected chi connectivity index (χ2v) is 8.93. The van der Waals surface area contributed by atoms with E-state index in [9.17, 15) is 0 Å². The summed E-state index contributed by atoms with van der Waals surface area (Å²) in [5.41, 5.74) is 8.99. The molecule has 5 aromatic rings. The molecule has 0 N–H and O–H groups in total. The third-order valence-corrected chi connectivity index (χ3v) is 6.55. The number of aromatic nitrogens is 4. The van der Waals surface area contributed by atoms with Gasteiger partial charge in [0.1, 0.15) is 18.2 Å². The molecular formula is C29H26N4O2. The number of nitrogens with zero attached hydrogens (tertiary/aromatic N) is 4. The minimum Gasteiger partial charge on any atom is -0.488 e. The molecule has 0 aliphatic carbocycles. The zero-order chi connectivity index (χ0) is 23.8. The first-order chi connectivity index (χ1) is 17.2. The number of hydrogen-bond donors (Lipinski definition) is 0. The van der Waals surface area contributed by atoms with Crippen LogP contribution in [0.2, 0.25) is 0 Å². The SMILES string of the molecule is CCCc1nc2c(C)cccc2n1Cc1ccc2c(c1)COc1ccccc1C2=Cc1ncon1. The van der Waals surface area contributed by atoms with Gasteiger partial charge in [-0.25, -0.2) is 4.98 Å². The molecule has 0 spiro atoms. The van der Waals surface area contributed by atoms with Gasteiger partial charge in [-0.3, -0.25) is 0 Å². The Kier molecular flexibility index (Phi) is 5.41. The average Bonchev–Trinajstić information content (AvgIpc) is 3.48. The molecule has 6 nitrogen and oxygen atoms in total. The quantitative estimate of drug-likeness (QED) is 0.311. The second kappa shape index (κ2) is 8.87. The molecule has 174 valence electrons. The molecule has 0 fully saturated rings. The Bertz CT molecular complexity index is 1550. The zero-order valence-electron chi connectivity index (χ0n) is 19.9. The molecule has 2 aromatic heterocycles. The minimum atomic E-state index is 0.495. The van der Waals surface area contributed by atoms with E-state index in [-0.39, 0.29) is 0 Å². The number of aryl methyl sites for hydroxylation is 2. The van der Waals surface area contributed by atoms with Crippen molar-refractivity contribution < 1.29 is 9.26 Å². The highest BCUT2D eigenvalue weighted by Gasteiger charge is 2.21. The first kappa shape index (κ1) is 21.4. The smallest absolute Gasteiger partial charge is 0.214 e. The Morgan fingerprint density at radius 3 is 2.80 bits per heavy atom. The molecule has 35 heavy (non-hydrogen) atoms. The predicted octanol–water partition coefficient (Wildman–Crippen LogP) is 6.21. The summed E-state index contributed by atoms with van der Waals surface area (Å²) in [7, 11) is 0. The van der Waals surface area contributed by atoms with Crippen molar-refractivity contribution in [1.82, 2.24) is 19.7 Å². The summed E-state index contributed by atoms with van der Waals surface area (Å²) >= 11 is 0. The number of fused-ring (bicyclic) bond motifs is 3. The largest absolute Gasteiger partial charge is 0.488 e. The summed E-state index contributed by atoms with van der Waals surface area (Å²) in [5, 5.41) is 4.00. The van der Waals surface area contributed by atoms with Crippen molar-refractivity contribution >= 4 is 22.7 Å². The van der Waals surface area contributed by atoms with Gasteiger partial charge < -0.3 is 13.8 Å². The Hall–Kier alpha value is -4.19. The lowest BCUT2D eigenvalue weighted by molar-refractivity contribution is 0.307. The average molecular weight is 463 g/mol. The summed E-state index contributed by atoms with van der Waals surface area (Å²) in [4.78, 5) is 9.20. The second-order valence-electron chi connectivity index (χ2n) is 8.93. The van der Waals surface area contributed by atoms with E-state index in [1.54, 1.807) is 0 Å². The molecular weight excluding hydrogens is 436 g/mol. The number of benzene rings is 3. The van der Waals surface area contributed by atoms with E-state index < -0.39 is 0 Å². The zero-order valence-corrected chi connectivity index (χ0v) is 19.9. The highest BCUT2D eigenvalue weighted by Crippen LogP contribution is 2.38. The molecule has 0 saturated carbocycles. The number of rotatable bonds is 5. The van der Waals surface area contributed by atoms with Crippen LogP contribution in [0.15, 0.2) is 71.6 Å². The van der Waals surface area contributed by atoms with Crippen molar-refractivity contribution in [2.75, 3.05) is 0 Å². The van der Waals surface area contributed by atoms with Gasteiger partial charge >= 0.3 is 0 Å². The number of imidazole rings is 1.